The molecule has 0 saturated heterocycles. The van der Waals surface area contributed by atoms with Gasteiger partial charge < -0.3 is 0 Å². The van der Waals surface area contributed by atoms with Crippen LogP contribution in [0.1, 0.15) is 30.9 Å². The highest BCUT2D eigenvalue weighted by Crippen LogP contribution is 2.26. The molecule has 1 atom stereocenters. The van der Waals surface area contributed by atoms with Crippen LogP contribution in [0.2, 0.25) is 0 Å². The summed E-state index contributed by atoms with van der Waals surface area (Å²) in [6.45, 7) is 2.93. The summed E-state index contributed by atoms with van der Waals surface area (Å²) < 4.78 is 2.80. The predicted molar refractivity (Wildman–Crippen MR) is 71.4 cm³/mol. The molecule has 96 valence electrons. The SMILES string of the molecule is CCCn1ncc(Br)c1C(NN)c1ncccn1. The zero-order valence-corrected chi connectivity index (χ0v) is 11.6. The summed E-state index contributed by atoms with van der Waals surface area (Å²) in [5, 5.41) is 4.32. The smallest absolute Gasteiger partial charge is 0.152 e. The molecular formula is C11H15BrN6. The fourth-order valence-corrected chi connectivity index (χ4v) is 2.31. The number of halogens is 1. The topological polar surface area (TPSA) is 81.7 Å². The van der Waals surface area contributed by atoms with E-state index in [0.717, 1.165) is 23.1 Å². The summed E-state index contributed by atoms with van der Waals surface area (Å²) in [6.07, 6.45) is 6.15. The van der Waals surface area contributed by atoms with Gasteiger partial charge in [0.15, 0.2) is 5.82 Å². The lowest BCUT2D eigenvalue weighted by atomic mass is 10.2. The van der Waals surface area contributed by atoms with Crippen molar-refractivity contribution >= 4 is 15.9 Å². The number of aromatic nitrogens is 4. The molecule has 0 spiro atoms. The van der Waals surface area contributed by atoms with Crippen LogP contribution in [0.3, 0.4) is 0 Å². The van der Waals surface area contributed by atoms with Gasteiger partial charge in [0.25, 0.3) is 0 Å². The third-order valence-electron chi connectivity index (χ3n) is 2.55. The first-order valence-corrected chi connectivity index (χ1v) is 6.51. The summed E-state index contributed by atoms with van der Waals surface area (Å²) in [5.41, 5.74) is 3.68. The normalized spacial score (nSPS) is 12.6. The Hall–Kier alpha value is -1.31. The number of nitrogens with one attached hydrogen (secondary N) is 1. The van der Waals surface area contributed by atoms with Gasteiger partial charge in [-0.1, -0.05) is 6.92 Å². The van der Waals surface area contributed by atoms with Crippen molar-refractivity contribution in [1.29, 1.82) is 0 Å². The van der Waals surface area contributed by atoms with Crippen LogP contribution >= 0.6 is 15.9 Å². The Morgan fingerprint density at radius 2 is 2.17 bits per heavy atom. The fourth-order valence-electron chi connectivity index (χ4n) is 1.78. The molecule has 0 amide bonds. The van der Waals surface area contributed by atoms with Gasteiger partial charge >= 0.3 is 0 Å². The number of nitrogens with zero attached hydrogens (tertiary/aromatic N) is 4. The zero-order chi connectivity index (χ0) is 13.0. The highest BCUT2D eigenvalue weighted by Gasteiger charge is 2.22. The number of nitrogens with two attached hydrogens (primary N) is 1. The monoisotopic (exact) mass is 310 g/mol. The molecule has 0 aliphatic heterocycles. The molecule has 0 saturated carbocycles. The Morgan fingerprint density at radius 1 is 1.44 bits per heavy atom. The summed E-state index contributed by atoms with van der Waals surface area (Å²) in [6, 6.07) is 1.49. The molecule has 3 N–H and O–H groups in total. The number of aryl methyl sites for hydroxylation is 1. The van der Waals surface area contributed by atoms with E-state index in [9.17, 15) is 0 Å². The Balaban J connectivity index is 2.41. The van der Waals surface area contributed by atoms with Crippen LogP contribution in [0.4, 0.5) is 0 Å². The molecule has 0 bridgehead atoms. The molecule has 0 radical (unpaired) electrons. The Bertz CT molecular complexity index is 497. The minimum absolute atomic E-state index is 0.283. The van der Waals surface area contributed by atoms with E-state index in [1.54, 1.807) is 24.7 Å². The first-order valence-electron chi connectivity index (χ1n) is 5.72. The Kier molecular flexibility index (Phi) is 4.40. The van der Waals surface area contributed by atoms with Crippen molar-refractivity contribution < 1.29 is 0 Å². The van der Waals surface area contributed by atoms with Crippen molar-refractivity contribution in [1.82, 2.24) is 25.2 Å². The molecule has 0 fully saturated rings. The van der Waals surface area contributed by atoms with E-state index in [2.05, 4.69) is 43.3 Å². The molecular weight excluding hydrogens is 296 g/mol. The van der Waals surface area contributed by atoms with Crippen LogP contribution in [0, 0.1) is 0 Å². The molecule has 6 nitrogen and oxygen atoms in total. The first-order chi connectivity index (χ1) is 8.77. The quantitative estimate of drug-likeness (QED) is 0.644. The molecule has 7 heteroatoms. The molecule has 2 heterocycles. The van der Waals surface area contributed by atoms with E-state index in [4.69, 9.17) is 5.84 Å². The molecule has 2 aromatic heterocycles. The van der Waals surface area contributed by atoms with Crippen LogP contribution in [-0.4, -0.2) is 19.7 Å². The summed E-state index contributed by atoms with van der Waals surface area (Å²) >= 11 is 3.49. The van der Waals surface area contributed by atoms with E-state index in [-0.39, 0.29) is 6.04 Å². The maximum absolute atomic E-state index is 5.64. The average molecular weight is 311 g/mol. The number of hydrogen-bond donors (Lipinski definition) is 2. The lowest BCUT2D eigenvalue weighted by Crippen LogP contribution is -2.32. The highest BCUT2D eigenvalue weighted by atomic mass is 79.9. The Morgan fingerprint density at radius 3 is 2.78 bits per heavy atom. The second kappa shape index (κ2) is 6.03. The van der Waals surface area contributed by atoms with Gasteiger partial charge in [-0.3, -0.25) is 10.5 Å². The van der Waals surface area contributed by atoms with Gasteiger partial charge in [-0.15, -0.1) is 0 Å². The third-order valence-corrected chi connectivity index (χ3v) is 3.16. The van der Waals surface area contributed by atoms with Crippen LogP contribution < -0.4 is 11.3 Å². The van der Waals surface area contributed by atoms with Crippen molar-refractivity contribution in [3.05, 3.63) is 40.6 Å². The van der Waals surface area contributed by atoms with Gasteiger partial charge in [-0.05, 0) is 28.4 Å². The second-order valence-electron chi connectivity index (χ2n) is 3.81. The number of hydrogen-bond acceptors (Lipinski definition) is 5. The molecule has 2 aromatic rings. The van der Waals surface area contributed by atoms with Gasteiger partial charge in [0.1, 0.15) is 6.04 Å². The van der Waals surface area contributed by atoms with Crippen molar-refractivity contribution in [2.75, 3.05) is 0 Å². The minimum Gasteiger partial charge on any atom is -0.270 e. The van der Waals surface area contributed by atoms with Crippen LogP contribution in [0.5, 0.6) is 0 Å². The van der Waals surface area contributed by atoms with Gasteiger partial charge in [0.05, 0.1) is 16.4 Å². The maximum Gasteiger partial charge on any atom is 0.152 e. The largest absolute Gasteiger partial charge is 0.270 e. The van der Waals surface area contributed by atoms with E-state index >= 15 is 0 Å². The van der Waals surface area contributed by atoms with Crippen LogP contribution in [-0.2, 0) is 6.54 Å². The molecule has 0 aliphatic carbocycles. The third kappa shape index (κ3) is 2.58. The molecule has 1 unspecified atom stereocenters. The number of rotatable bonds is 5. The van der Waals surface area contributed by atoms with E-state index in [1.807, 2.05) is 4.68 Å². The van der Waals surface area contributed by atoms with E-state index < -0.39 is 0 Å². The first kappa shape index (κ1) is 13.1. The van der Waals surface area contributed by atoms with E-state index in [0.29, 0.717) is 5.82 Å². The van der Waals surface area contributed by atoms with Crippen molar-refractivity contribution in [3.63, 3.8) is 0 Å². The fraction of sp³-hybridized carbons (Fsp3) is 0.364. The second-order valence-corrected chi connectivity index (χ2v) is 4.66. The van der Waals surface area contributed by atoms with Gasteiger partial charge in [0, 0.05) is 18.9 Å². The van der Waals surface area contributed by atoms with Crippen molar-refractivity contribution in [3.8, 4) is 0 Å². The number of hydrazine groups is 1. The molecule has 2 rings (SSSR count). The standard InChI is InChI=1S/C11H15BrN6/c1-2-6-18-10(8(12)7-16-18)9(17-13)11-14-4-3-5-15-11/h3-5,7,9,17H,2,6,13H2,1H3. The highest BCUT2D eigenvalue weighted by molar-refractivity contribution is 9.10. The molecule has 0 aliphatic rings. The maximum atomic E-state index is 5.64. The lowest BCUT2D eigenvalue weighted by molar-refractivity contribution is 0.506. The van der Waals surface area contributed by atoms with Gasteiger partial charge in [-0.2, -0.15) is 5.10 Å². The van der Waals surface area contributed by atoms with Crippen LogP contribution in [0.15, 0.2) is 29.1 Å². The summed E-state index contributed by atoms with van der Waals surface area (Å²) in [5.74, 6) is 6.26. The predicted octanol–water partition coefficient (Wildman–Crippen LogP) is 1.40. The minimum atomic E-state index is -0.283. The zero-order valence-electron chi connectivity index (χ0n) is 10.0. The van der Waals surface area contributed by atoms with Crippen molar-refractivity contribution in [2.24, 2.45) is 5.84 Å². The Labute approximate surface area is 114 Å². The molecule has 0 aromatic carbocycles. The van der Waals surface area contributed by atoms with Crippen LogP contribution in [0.25, 0.3) is 0 Å². The summed E-state index contributed by atoms with van der Waals surface area (Å²) in [4.78, 5) is 8.47. The average Bonchev–Trinajstić information content (AvgIpc) is 2.75. The van der Waals surface area contributed by atoms with Crippen molar-refractivity contribution in [2.45, 2.75) is 25.9 Å². The van der Waals surface area contributed by atoms with E-state index in [1.165, 1.54) is 0 Å². The molecule has 18 heavy (non-hydrogen) atoms. The van der Waals surface area contributed by atoms with Gasteiger partial charge in [0.2, 0.25) is 0 Å². The summed E-state index contributed by atoms with van der Waals surface area (Å²) in [7, 11) is 0. The lowest BCUT2D eigenvalue weighted by Gasteiger charge is -2.16. The van der Waals surface area contributed by atoms with Gasteiger partial charge in [-0.25, -0.2) is 15.4 Å².